The van der Waals surface area contributed by atoms with E-state index >= 15 is 18.4 Å². The van der Waals surface area contributed by atoms with Gasteiger partial charge in [0.2, 0.25) is 70.9 Å². The van der Waals surface area contributed by atoms with Crippen molar-refractivity contribution in [2.24, 2.45) is 23.7 Å². The second kappa shape index (κ2) is 37.3. The minimum Gasteiger partial charge on any atom is -0.377 e. The molecule has 572 valence electrons. The highest BCUT2D eigenvalue weighted by atomic mass is 19.4. The number of hydrogen-bond acceptors (Lipinski definition) is 13. The first kappa shape index (κ1) is 83.4. The lowest BCUT2D eigenvalue weighted by atomic mass is 9.84. The van der Waals surface area contributed by atoms with E-state index in [1.54, 1.807) is 13.8 Å². The van der Waals surface area contributed by atoms with E-state index in [4.69, 9.17) is 4.74 Å². The summed E-state index contributed by atoms with van der Waals surface area (Å²) in [6, 6.07) is -10.2. The molecule has 6 rings (SSSR count). The number of benzene rings is 1. The van der Waals surface area contributed by atoms with Gasteiger partial charge in [-0.3, -0.25) is 57.5 Å². The number of alkyl halides is 3. The minimum atomic E-state index is -5.38. The Balaban J connectivity index is 1.38. The second-order valence-electron chi connectivity index (χ2n) is 29.4. The van der Waals surface area contributed by atoms with Crippen LogP contribution < -0.4 is 16.0 Å². The van der Waals surface area contributed by atoms with Gasteiger partial charge in [-0.15, -0.1) is 0 Å². The summed E-state index contributed by atoms with van der Waals surface area (Å²) in [4.78, 5) is 187. The molecule has 5 aliphatic rings. The van der Waals surface area contributed by atoms with Crippen molar-refractivity contribution in [3.05, 3.63) is 34.9 Å². The number of hydrogen-bond donors (Lipinski definition) is 3. The third-order valence-corrected chi connectivity index (χ3v) is 21.6. The molecule has 3 N–H and O–H groups in total. The maximum absolute atomic E-state index is 15.1. The molecular weight excluding hydrogens is 1340 g/mol. The van der Waals surface area contributed by atoms with Crippen LogP contribution in [0.3, 0.4) is 0 Å². The smallest absolute Gasteiger partial charge is 0.377 e. The van der Waals surface area contributed by atoms with E-state index in [0.29, 0.717) is 31.4 Å². The molecule has 11 atom stereocenters. The van der Waals surface area contributed by atoms with Gasteiger partial charge in [0.15, 0.2) is 0 Å². The van der Waals surface area contributed by atoms with E-state index in [0.717, 1.165) is 49.8 Å². The van der Waals surface area contributed by atoms with Gasteiger partial charge in [0, 0.05) is 95.5 Å². The average Bonchev–Trinajstić information content (AvgIpc) is 0.855. The standard InChI is InChI=1S/C72H111F5N12O13/c1-15-43(5)61-70(100)83(10)44(6)65(95)88-33-31-52(88)69(99)85(12)55(37-45-24-18-17-19-25-45)68(98)82(9)41-57(90)79-51(30-29-46-35-49(73)60(50(74)36-46)72(75,76)77)66(96)89-40-48(102-16-2)38-54(89)63(93)78-32-23-22-28-58(91)87(14)62(47-26-20-21-27-47)71(101)86(13)56(67(97)81(7)8)39-59(92)84(11)53(34-42(3)4)64(94)80-61/h35-36,42-45,47-48,51-56,61-62H,15-34,37-41H2,1-14H3,(H,78,93)(H,79,90)(H,80,94)/t43-,44-,48+,51-,52-,53-,54-,55-,56-,61-,62-/m0/s1. The summed E-state index contributed by atoms with van der Waals surface area (Å²) in [6.07, 6.45) is 0.512. The molecule has 0 aromatic heterocycles. The number of nitrogens with one attached hydrogen (secondary N) is 3. The van der Waals surface area contributed by atoms with E-state index in [-0.39, 0.29) is 94.5 Å². The molecular formula is C72H111F5N12O13. The van der Waals surface area contributed by atoms with Gasteiger partial charge in [0.05, 0.1) is 19.1 Å². The fourth-order valence-corrected chi connectivity index (χ4v) is 14.9. The third kappa shape index (κ3) is 20.9. The van der Waals surface area contributed by atoms with Gasteiger partial charge in [-0.05, 0) is 113 Å². The highest BCUT2D eigenvalue weighted by molar-refractivity contribution is 5.99. The highest BCUT2D eigenvalue weighted by Crippen LogP contribution is 2.36. The maximum atomic E-state index is 15.1. The Bertz CT molecular complexity index is 3140. The molecule has 30 heteroatoms. The van der Waals surface area contributed by atoms with Gasteiger partial charge in [0.1, 0.15) is 71.6 Å². The first-order valence-electron chi connectivity index (χ1n) is 36.4. The van der Waals surface area contributed by atoms with Gasteiger partial charge < -0.3 is 64.8 Å². The highest BCUT2D eigenvalue weighted by Gasteiger charge is 2.48. The number of carbonyl (C=O) groups is 12. The van der Waals surface area contributed by atoms with E-state index in [1.165, 1.54) is 103 Å². The summed E-state index contributed by atoms with van der Waals surface area (Å²) in [6.45, 7) is 9.85. The lowest BCUT2D eigenvalue weighted by Crippen LogP contribution is -2.65. The van der Waals surface area contributed by atoms with E-state index in [2.05, 4.69) is 16.0 Å². The topological polar surface area (TPSA) is 279 Å². The molecule has 5 fully saturated rings. The first-order chi connectivity index (χ1) is 47.9. The molecule has 2 saturated carbocycles. The largest absolute Gasteiger partial charge is 0.422 e. The zero-order valence-corrected chi connectivity index (χ0v) is 62.1. The monoisotopic (exact) mass is 1450 g/mol. The first-order valence-corrected chi connectivity index (χ1v) is 36.4. The zero-order valence-electron chi connectivity index (χ0n) is 62.1. The van der Waals surface area contributed by atoms with Crippen molar-refractivity contribution in [1.29, 1.82) is 0 Å². The number of carbonyl (C=O) groups excluding carboxylic acids is 12. The zero-order chi connectivity index (χ0) is 75.9. The Morgan fingerprint density at radius 2 is 1.29 bits per heavy atom. The Kier molecular flexibility index (Phi) is 30.5. The van der Waals surface area contributed by atoms with Crippen molar-refractivity contribution >= 4 is 70.9 Å². The van der Waals surface area contributed by atoms with Crippen LogP contribution >= 0.6 is 0 Å². The predicted octanol–water partition coefficient (Wildman–Crippen LogP) is 5.14. The van der Waals surface area contributed by atoms with Crippen LogP contribution in [0, 0.1) is 35.3 Å². The fraction of sp³-hybridized carbons (Fsp3) is 0.750. The number of fused-ring (bicyclic) bond motifs is 2. The number of halogens is 5. The number of nitrogens with zero attached hydrogens (tertiary/aromatic N) is 9. The minimum absolute atomic E-state index is 0.00384. The van der Waals surface area contributed by atoms with Gasteiger partial charge in [0.25, 0.3) is 0 Å². The maximum Gasteiger partial charge on any atom is 0.422 e. The molecule has 25 nitrogen and oxygen atoms in total. The molecule has 0 unspecified atom stereocenters. The van der Waals surface area contributed by atoms with E-state index < -0.39 is 186 Å². The van der Waals surface area contributed by atoms with Crippen LogP contribution in [0.2, 0.25) is 0 Å². The Labute approximate surface area is 597 Å². The number of amides is 12. The van der Waals surface area contributed by atoms with Gasteiger partial charge >= 0.3 is 6.18 Å². The lowest BCUT2D eigenvalue weighted by molar-refractivity contribution is -0.160. The Morgan fingerprint density at radius 3 is 1.86 bits per heavy atom. The molecule has 1 aromatic carbocycles. The summed E-state index contributed by atoms with van der Waals surface area (Å²) in [5.41, 5.74) is -2.41. The number of likely N-dealkylation sites (N-methyl/N-ethyl adjacent to an activating group) is 7. The van der Waals surface area contributed by atoms with Crippen LogP contribution in [-0.2, 0) is 74.9 Å². The fourth-order valence-electron chi connectivity index (χ4n) is 14.9. The summed E-state index contributed by atoms with van der Waals surface area (Å²) >= 11 is 0. The number of rotatable bonds is 13. The SMILES string of the molecule is CCO[C@@H]1C[C@H]2C(=O)NCCCCC(=O)N(C)[C@@H](C3CCCC3)C(=O)N(C)[C@H](C(=O)N(C)C)CC(=O)N(C)[C@@H](CC(C)C)C(=O)N[C@@H]([C@@H](C)CC)C(=O)N(C)[C@@H](C)C(=O)N3CC[C@H]3C(=O)N(C)[C@@H](CC3CCCCC3)C(=O)N(C)CC(=O)N[C@@H](CCc3cc(F)c(C(F)(F)F)c(F)c3)C(=O)N2C1. The summed E-state index contributed by atoms with van der Waals surface area (Å²) in [5.74, 6) is -12.7. The number of ether oxygens (including phenoxy) is 1. The molecule has 2 aliphatic carbocycles. The van der Waals surface area contributed by atoms with Crippen LogP contribution in [0.4, 0.5) is 22.0 Å². The van der Waals surface area contributed by atoms with Crippen LogP contribution in [-0.4, -0.2) is 265 Å². The summed E-state index contributed by atoms with van der Waals surface area (Å²) in [5, 5.41) is 8.36. The molecule has 1 aromatic rings. The van der Waals surface area contributed by atoms with E-state index in [1.807, 2.05) is 20.8 Å². The van der Waals surface area contributed by atoms with Crippen molar-refractivity contribution < 1.29 is 84.2 Å². The molecule has 3 saturated heterocycles. The molecule has 0 radical (unpaired) electrons. The van der Waals surface area contributed by atoms with E-state index in [9.17, 15) is 61.1 Å². The van der Waals surface area contributed by atoms with Crippen molar-refractivity contribution in [3.8, 4) is 0 Å². The predicted molar refractivity (Wildman–Crippen MR) is 368 cm³/mol. The average molecular weight is 1450 g/mol. The van der Waals surface area contributed by atoms with Crippen LogP contribution in [0.5, 0.6) is 0 Å². The van der Waals surface area contributed by atoms with Crippen LogP contribution in [0.25, 0.3) is 0 Å². The van der Waals surface area contributed by atoms with Gasteiger partial charge in [-0.25, -0.2) is 8.78 Å². The van der Waals surface area contributed by atoms with Crippen molar-refractivity contribution in [1.82, 2.24) is 60.0 Å². The molecule has 12 amide bonds. The number of aryl methyl sites for hydroxylation is 1. The van der Waals surface area contributed by atoms with Gasteiger partial charge in [-0.2, -0.15) is 13.2 Å². The lowest BCUT2D eigenvalue weighted by Gasteiger charge is -2.45. The normalized spacial score (nSPS) is 27.4. The summed E-state index contributed by atoms with van der Waals surface area (Å²) in [7, 11) is 11.4. The van der Waals surface area contributed by atoms with Crippen molar-refractivity contribution in [2.45, 2.75) is 237 Å². The molecule has 3 aliphatic heterocycles. The van der Waals surface area contributed by atoms with Crippen molar-refractivity contribution in [2.75, 3.05) is 89.2 Å². The molecule has 0 spiro atoms. The van der Waals surface area contributed by atoms with Crippen LogP contribution in [0.15, 0.2) is 12.1 Å². The second-order valence-corrected chi connectivity index (χ2v) is 29.4. The Morgan fingerprint density at radius 1 is 0.667 bits per heavy atom. The van der Waals surface area contributed by atoms with Gasteiger partial charge in [-0.1, -0.05) is 79.1 Å². The molecule has 102 heavy (non-hydrogen) atoms. The Hall–Kier alpha value is -7.53. The van der Waals surface area contributed by atoms with Crippen LogP contribution in [0.1, 0.15) is 175 Å². The van der Waals surface area contributed by atoms with Crippen molar-refractivity contribution in [3.63, 3.8) is 0 Å². The third-order valence-electron chi connectivity index (χ3n) is 21.6. The summed E-state index contributed by atoms with van der Waals surface area (Å²) < 4.78 is 77.1. The molecule has 0 bridgehead atoms. The quantitative estimate of drug-likeness (QED) is 0.216. The molecule has 3 heterocycles.